The maximum absolute atomic E-state index is 14.0. The monoisotopic (exact) mass is 471 g/mol. The molecule has 1 fully saturated rings. The van der Waals surface area contributed by atoms with Crippen LogP contribution < -0.4 is 14.2 Å². The molecule has 5 rings (SSSR count). The van der Waals surface area contributed by atoms with Gasteiger partial charge in [0.1, 0.15) is 5.75 Å². The minimum absolute atomic E-state index is 0.408. The zero-order chi connectivity index (χ0) is 22.5. The molecule has 0 unspecified atom stereocenters. The molecule has 0 amide bonds. The molecule has 0 N–H and O–H groups in total. The van der Waals surface area contributed by atoms with Gasteiger partial charge in [0, 0.05) is 23.9 Å². The van der Waals surface area contributed by atoms with Crippen LogP contribution in [0, 0.1) is 0 Å². The second-order valence-electron chi connectivity index (χ2n) is 7.85. The molecule has 3 aromatic rings. The van der Waals surface area contributed by atoms with E-state index in [9.17, 15) is 8.42 Å². The second-order valence-corrected chi connectivity index (χ2v) is 10.9. The van der Waals surface area contributed by atoms with Gasteiger partial charge in [-0.15, -0.1) is 11.8 Å². The number of aryl methyl sites for hydroxylation is 2. The Kier molecular flexibility index (Phi) is 5.47. The van der Waals surface area contributed by atoms with Gasteiger partial charge in [-0.25, -0.2) is 8.42 Å². The van der Waals surface area contributed by atoms with E-state index in [1.807, 2.05) is 24.3 Å². The average molecular weight is 472 g/mol. The van der Waals surface area contributed by atoms with Gasteiger partial charge in [0.2, 0.25) is 10.0 Å². The molecule has 0 saturated carbocycles. The second kappa shape index (κ2) is 8.17. The molecule has 3 aromatic carbocycles. The molecule has 6 nitrogen and oxygen atoms in total. The van der Waals surface area contributed by atoms with Crippen LogP contribution in [0.15, 0.2) is 47.4 Å². The molecule has 1 heterocycles. The standard InChI is InChI=1S/C24H25NO5S2/c1-28-19-14-21(30-3)20(29-2)13-18(19)24-25(11-12-31-24)32(26,27)22-10-8-16-6-4-5-15-7-9-17(22)23(15)16/h4-6,8,10,13-14,24H,7,9,11-12H2,1-3H3/t24-/m0/s1. The molecule has 1 atom stereocenters. The number of methoxy groups -OCH3 is 3. The van der Waals surface area contributed by atoms with Gasteiger partial charge in [0.25, 0.3) is 0 Å². The lowest BCUT2D eigenvalue weighted by Crippen LogP contribution is -2.31. The summed E-state index contributed by atoms with van der Waals surface area (Å²) in [6.07, 6.45) is 1.62. The van der Waals surface area contributed by atoms with Gasteiger partial charge >= 0.3 is 0 Å². The molecule has 1 aliphatic carbocycles. The predicted octanol–water partition coefficient (Wildman–Crippen LogP) is 4.40. The highest BCUT2D eigenvalue weighted by molar-refractivity contribution is 8.01. The molecule has 2 aliphatic rings. The van der Waals surface area contributed by atoms with Crippen molar-refractivity contribution in [1.82, 2.24) is 4.31 Å². The van der Waals surface area contributed by atoms with E-state index in [4.69, 9.17) is 14.2 Å². The van der Waals surface area contributed by atoms with Gasteiger partial charge < -0.3 is 14.2 Å². The number of ether oxygens (including phenoxy) is 3. The summed E-state index contributed by atoms with van der Waals surface area (Å²) < 4.78 is 46.0. The number of sulfonamides is 1. The summed E-state index contributed by atoms with van der Waals surface area (Å²) in [5, 5.41) is 1.79. The Hall–Kier alpha value is -2.42. The average Bonchev–Trinajstić information content (AvgIpc) is 3.47. The number of hydrogen-bond acceptors (Lipinski definition) is 6. The third-order valence-corrected chi connectivity index (χ3v) is 9.60. The van der Waals surface area contributed by atoms with Crippen molar-refractivity contribution in [3.63, 3.8) is 0 Å². The first kappa shape index (κ1) is 21.4. The summed E-state index contributed by atoms with van der Waals surface area (Å²) in [7, 11) is 0.999. The van der Waals surface area contributed by atoms with Crippen LogP contribution in [0.3, 0.4) is 0 Å². The van der Waals surface area contributed by atoms with Crippen LogP contribution >= 0.6 is 11.8 Å². The molecular formula is C24H25NO5S2. The van der Waals surface area contributed by atoms with Gasteiger partial charge in [-0.3, -0.25) is 0 Å². The maximum atomic E-state index is 14.0. The summed E-state index contributed by atoms with van der Waals surface area (Å²) >= 11 is 1.59. The van der Waals surface area contributed by atoms with Crippen LogP contribution in [0.25, 0.3) is 10.8 Å². The number of hydrogen-bond donors (Lipinski definition) is 0. The van der Waals surface area contributed by atoms with Crippen LogP contribution in [0.5, 0.6) is 17.2 Å². The first-order valence-electron chi connectivity index (χ1n) is 10.5. The van der Waals surface area contributed by atoms with E-state index in [0.717, 1.165) is 34.7 Å². The summed E-state index contributed by atoms with van der Waals surface area (Å²) in [6.45, 7) is 0.439. The third kappa shape index (κ3) is 3.24. The Labute approximate surface area is 192 Å². The number of rotatable bonds is 6. The van der Waals surface area contributed by atoms with Crippen molar-refractivity contribution < 1.29 is 22.6 Å². The highest BCUT2D eigenvalue weighted by atomic mass is 32.2. The largest absolute Gasteiger partial charge is 0.496 e. The zero-order valence-electron chi connectivity index (χ0n) is 18.3. The van der Waals surface area contributed by atoms with E-state index >= 15 is 0 Å². The van der Waals surface area contributed by atoms with Gasteiger partial charge in [-0.2, -0.15) is 4.31 Å². The molecule has 168 valence electrons. The molecule has 0 spiro atoms. The topological polar surface area (TPSA) is 65.1 Å². The van der Waals surface area contributed by atoms with Crippen molar-refractivity contribution in [2.45, 2.75) is 23.1 Å². The molecule has 8 heteroatoms. The Bertz CT molecular complexity index is 1310. The highest BCUT2D eigenvalue weighted by Gasteiger charge is 2.40. The Morgan fingerprint density at radius 2 is 1.69 bits per heavy atom. The van der Waals surface area contributed by atoms with Crippen molar-refractivity contribution in [2.75, 3.05) is 33.6 Å². The quantitative estimate of drug-likeness (QED) is 0.531. The SMILES string of the molecule is COc1cc(OC)c([C@@H]2SCCN2S(=O)(=O)c2ccc3cccc4c3c2CC4)cc1OC. The van der Waals surface area contributed by atoms with Gasteiger partial charge in [0.05, 0.1) is 31.6 Å². The molecule has 32 heavy (non-hydrogen) atoms. The molecule has 1 aliphatic heterocycles. The lowest BCUT2D eigenvalue weighted by molar-refractivity contribution is 0.344. The van der Waals surface area contributed by atoms with E-state index in [2.05, 4.69) is 6.07 Å². The lowest BCUT2D eigenvalue weighted by atomic mass is 10.1. The summed E-state index contributed by atoms with van der Waals surface area (Å²) in [5.41, 5.74) is 2.92. The summed E-state index contributed by atoms with van der Waals surface area (Å²) in [4.78, 5) is 0.418. The fourth-order valence-electron chi connectivity index (χ4n) is 4.79. The lowest BCUT2D eigenvalue weighted by Gasteiger charge is -2.26. The van der Waals surface area contributed by atoms with Gasteiger partial charge in [-0.05, 0) is 46.9 Å². The number of nitrogens with zero attached hydrogens (tertiary/aromatic N) is 1. The van der Waals surface area contributed by atoms with Crippen LogP contribution in [-0.4, -0.2) is 46.4 Å². The van der Waals surface area contributed by atoms with E-state index < -0.39 is 15.4 Å². The summed E-state index contributed by atoms with van der Waals surface area (Å²) in [6, 6.07) is 13.5. The van der Waals surface area contributed by atoms with Crippen LogP contribution in [0.1, 0.15) is 22.1 Å². The number of benzene rings is 3. The first-order valence-corrected chi connectivity index (χ1v) is 12.9. The van der Waals surface area contributed by atoms with Gasteiger partial charge in [0.15, 0.2) is 11.5 Å². The first-order chi connectivity index (χ1) is 15.5. The maximum Gasteiger partial charge on any atom is 0.244 e. The van der Waals surface area contributed by atoms with E-state index in [1.165, 1.54) is 5.56 Å². The minimum Gasteiger partial charge on any atom is -0.496 e. The number of thioether (sulfide) groups is 1. The molecule has 1 saturated heterocycles. The fourth-order valence-corrected chi connectivity index (χ4v) is 8.30. The predicted molar refractivity (Wildman–Crippen MR) is 127 cm³/mol. The van der Waals surface area contributed by atoms with Crippen LogP contribution in [-0.2, 0) is 22.9 Å². The van der Waals surface area contributed by atoms with Crippen LogP contribution in [0.2, 0.25) is 0 Å². The van der Waals surface area contributed by atoms with Crippen molar-refractivity contribution in [3.05, 3.63) is 59.2 Å². The molecule has 0 radical (unpaired) electrons. The third-order valence-electron chi connectivity index (χ3n) is 6.28. The minimum atomic E-state index is -3.71. The van der Waals surface area contributed by atoms with Crippen molar-refractivity contribution in [3.8, 4) is 17.2 Å². The Morgan fingerprint density at radius 3 is 2.44 bits per heavy atom. The Morgan fingerprint density at radius 1 is 0.938 bits per heavy atom. The van der Waals surface area contributed by atoms with Crippen LogP contribution in [0.4, 0.5) is 0 Å². The fraction of sp³-hybridized carbons (Fsp3) is 0.333. The highest BCUT2D eigenvalue weighted by Crippen LogP contribution is 2.48. The van der Waals surface area contributed by atoms with Crippen molar-refractivity contribution in [2.24, 2.45) is 0 Å². The van der Waals surface area contributed by atoms with Gasteiger partial charge in [-0.1, -0.05) is 24.3 Å². The zero-order valence-corrected chi connectivity index (χ0v) is 19.9. The molecular weight excluding hydrogens is 446 g/mol. The summed E-state index contributed by atoms with van der Waals surface area (Å²) in [5.74, 6) is 2.37. The smallest absolute Gasteiger partial charge is 0.244 e. The molecule has 0 bridgehead atoms. The van der Waals surface area contributed by atoms with Crippen molar-refractivity contribution in [1.29, 1.82) is 0 Å². The van der Waals surface area contributed by atoms with Crippen molar-refractivity contribution >= 4 is 32.6 Å². The van der Waals surface area contributed by atoms with E-state index in [-0.39, 0.29) is 0 Å². The van der Waals surface area contributed by atoms with E-state index in [0.29, 0.717) is 34.4 Å². The van der Waals surface area contributed by atoms with E-state index in [1.54, 1.807) is 49.5 Å². The molecule has 0 aromatic heterocycles. The normalized spacial score (nSPS) is 18.3. The Balaban J connectivity index is 1.61.